The summed E-state index contributed by atoms with van der Waals surface area (Å²) in [5.41, 5.74) is 0.938. The van der Waals surface area contributed by atoms with Gasteiger partial charge in [-0.15, -0.1) is 0 Å². The second-order valence-corrected chi connectivity index (χ2v) is 6.63. The highest BCUT2D eigenvalue weighted by Gasteiger charge is 2.14. The predicted octanol–water partition coefficient (Wildman–Crippen LogP) is 5.70. The number of hydrogen-bond acceptors (Lipinski definition) is 3. The van der Waals surface area contributed by atoms with E-state index in [1.54, 1.807) is 36.4 Å². The van der Waals surface area contributed by atoms with Crippen LogP contribution in [0.2, 0.25) is 10.0 Å². The van der Waals surface area contributed by atoms with E-state index in [9.17, 15) is 10.1 Å². The topological polar surface area (TPSA) is 62.1 Å². The van der Waals surface area contributed by atoms with Gasteiger partial charge in [-0.05, 0) is 49.4 Å². The van der Waals surface area contributed by atoms with E-state index in [4.69, 9.17) is 27.9 Å². The number of amides is 1. The van der Waals surface area contributed by atoms with Crippen molar-refractivity contribution < 1.29 is 9.53 Å². The van der Waals surface area contributed by atoms with Crippen molar-refractivity contribution in [2.24, 2.45) is 0 Å². The van der Waals surface area contributed by atoms with Gasteiger partial charge in [-0.3, -0.25) is 4.79 Å². The monoisotopic (exact) mass is 438 g/mol. The highest BCUT2D eigenvalue weighted by Crippen LogP contribution is 2.34. The zero-order valence-electron chi connectivity index (χ0n) is 13.1. The van der Waals surface area contributed by atoms with Crippen LogP contribution in [0.4, 0.5) is 5.69 Å². The van der Waals surface area contributed by atoms with Crippen molar-refractivity contribution in [3.05, 3.63) is 62.1 Å². The first-order chi connectivity index (χ1) is 11.9. The summed E-state index contributed by atoms with van der Waals surface area (Å²) in [6.07, 6.45) is 1.40. The number of nitrogens with zero attached hydrogens (tertiary/aromatic N) is 1. The number of rotatable bonds is 5. The number of carbonyl (C=O) groups excluding carboxylic acids is 1. The summed E-state index contributed by atoms with van der Waals surface area (Å²) in [6.45, 7) is 2.19. The van der Waals surface area contributed by atoms with Gasteiger partial charge >= 0.3 is 0 Å². The van der Waals surface area contributed by atoms with Crippen molar-refractivity contribution >= 4 is 56.8 Å². The van der Waals surface area contributed by atoms with Crippen LogP contribution < -0.4 is 10.1 Å². The maximum atomic E-state index is 12.4. The van der Waals surface area contributed by atoms with Crippen LogP contribution in [-0.2, 0) is 4.79 Å². The number of nitriles is 1. The van der Waals surface area contributed by atoms with Crippen molar-refractivity contribution in [1.29, 1.82) is 5.26 Å². The van der Waals surface area contributed by atoms with Crippen LogP contribution >= 0.6 is 39.1 Å². The summed E-state index contributed by atoms with van der Waals surface area (Å²) >= 11 is 15.5. The molecule has 1 N–H and O–H groups in total. The first kappa shape index (κ1) is 19.3. The molecule has 4 nitrogen and oxygen atoms in total. The SMILES string of the molecule is CCOc1c(Cl)cc(Cl)cc1/C=C(\C#N)C(=O)Nc1ccc(Br)cc1. The number of halogens is 3. The van der Waals surface area contributed by atoms with E-state index < -0.39 is 5.91 Å². The second-order valence-electron chi connectivity index (χ2n) is 4.87. The number of nitrogens with one attached hydrogen (secondary N) is 1. The molecule has 2 aromatic rings. The van der Waals surface area contributed by atoms with Gasteiger partial charge in [0.05, 0.1) is 11.6 Å². The molecule has 0 radical (unpaired) electrons. The highest BCUT2D eigenvalue weighted by molar-refractivity contribution is 9.10. The molecule has 0 aliphatic carbocycles. The number of benzene rings is 2. The van der Waals surface area contributed by atoms with Crippen LogP contribution in [0.25, 0.3) is 6.08 Å². The zero-order chi connectivity index (χ0) is 18.4. The van der Waals surface area contributed by atoms with Gasteiger partial charge in [-0.1, -0.05) is 39.1 Å². The van der Waals surface area contributed by atoms with E-state index in [2.05, 4.69) is 21.2 Å². The molecule has 0 saturated carbocycles. The lowest BCUT2D eigenvalue weighted by atomic mass is 10.1. The van der Waals surface area contributed by atoms with Gasteiger partial charge in [-0.2, -0.15) is 5.26 Å². The quantitative estimate of drug-likeness (QED) is 0.480. The molecule has 2 rings (SSSR count). The van der Waals surface area contributed by atoms with E-state index in [1.165, 1.54) is 6.08 Å². The van der Waals surface area contributed by atoms with Crippen LogP contribution in [0.15, 0.2) is 46.4 Å². The lowest BCUT2D eigenvalue weighted by Gasteiger charge is -2.11. The van der Waals surface area contributed by atoms with Crippen LogP contribution in [0.1, 0.15) is 12.5 Å². The molecular weight excluding hydrogens is 427 g/mol. The Hall–Kier alpha value is -2.00. The van der Waals surface area contributed by atoms with Gasteiger partial charge in [0.15, 0.2) is 0 Å². The summed E-state index contributed by atoms with van der Waals surface area (Å²) in [5.74, 6) is -0.166. The molecule has 0 aliphatic heterocycles. The minimum absolute atomic E-state index is 0.0952. The fourth-order valence-corrected chi connectivity index (χ4v) is 2.85. The van der Waals surface area contributed by atoms with E-state index >= 15 is 0 Å². The maximum absolute atomic E-state index is 12.4. The Bertz CT molecular complexity index is 859. The number of carbonyl (C=O) groups is 1. The largest absolute Gasteiger partial charge is 0.492 e. The smallest absolute Gasteiger partial charge is 0.266 e. The van der Waals surface area contributed by atoms with Crippen LogP contribution in [-0.4, -0.2) is 12.5 Å². The molecule has 0 bridgehead atoms. The van der Waals surface area contributed by atoms with E-state index in [0.29, 0.717) is 33.7 Å². The van der Waals surface area contributed by atoms with Gasteiger partial charge in [0.2, 0.25) is 0 Å². The Morgan fingerprint density at radius 1 is 1.32 bits per heavy atom. The molecule has 128 valence electrons. The van der Waals surface area contributed by atoms with Gasteiger partial charge < -0.3 is 10.1 Å². The lowest BCUT2D eigenvalue weighted by molar-refractivity contribution is -0.112. The van der Waals surface area contributed by atoms with E-state index in [1.807, 2.05) is 13.0 Å². The molecule has 0 atom stereocenters. The summed E-state index contributed by atoms with van der Waals surface area (Å²) in [7, 11) is 0. The predicted molar refractivity (Wildman–Crippen MR) is 104 cm³/mol. The van der Waals surface area contributed by atoms with Crippen LogP contribution in [0, 0.1) is 11.3 Å². The fourth-order valence-electron chi connectivity index (χ4n) is 2.02. The lowest BCUT2D eigenvalue weighted by Crippen LogP contribution is -2.13. The Kier molecular flexibility index (Phi) is 6.89. The Morgan fingerprint density at radius 3 is 2.60 bits per heavy atom. The zero-order valence-corrected chi connectivity index (χ0v) is 16.2. The van der Waals surface area contributed by atoms with Crippen molar-refractivity contribution in [3.63, 3.8) is 0 Å². The minimum atomic E-state index is -0.539. The molecule has 1 amide bonds. The number of anilines is 1. The third-order valence-electron chi connectivity index (χ3n) is 3.09. The molecule has 2 aromatic carbocycles. The second kappa shape index (κ2) is 8.91. The average molecular weight is 440 g/mol. The van der Waals surface area contributed by atoms with Gasteiger partial charge in [-0.25, -0.2) is 0 Å². The Balaban J connectivity index is 2.35. The molecule has 0 aromatic heterocycles. The standard InChI is InChI=1S/C18H13BrCl2N2O2/c1-2-25-17-11(8-14(20)9-16(17)21)7-12(10-22)18(24)23-15-5-3-13(19)4-6-15/h3-9H,2H2,1H3,(H,23,24)/b12-7+. The van der Waals surface area contributed by atoms with Crippen LogP contribution in [0.5, 0.6) is 5.75 Å². The minimum Gasteiger partial charge on any atom is -0.492 e. The molecule has 0 unspecified atom stereocenters. The Morgan fingerprint density at radius 2 is 2.00 bits per heavy atom. The average Bonchev–Trinajstić information content (AvgIpc) is 2.57. The number of hydrogen-bond donors (Lipinski definition) is 1. The van der Waals surface area contributed by atoms with Crippen molar-refractivity contribution in [1.82, 2.24) is 0 Å². The molecule has 0 spiro atoms. The van der Waals surface area contributed by atoms with Crippen molar-refractivity contribution in [2.75, 3.05) is 11.9 Å². The first-order valence-corrected chi connectivity index (χ1v) is 8.80. The summed E-state index contributed by atoms with van der Waals surface area (Å²) < 4.78 is 6.38. The van der Waals surface area contributed by atoms with Gasteiger partial charge in [0, 0.05) is 20.7 Å². The van der Waals surface area contributed by atoms with Gasteiger partial charge in [0.25, 0.3) is 5.91 Å². The molecule has 25 heavy (non-hydrogen) atoms. The summed E-state index contributed by atoms with van der Waals surface area (Å²) in [6, 6.07) is 12.0. The molecule has 7 heteroatoms. The maximum Gasteiger partial charge on any atom is 0.266 e. The molecular formula is C18H13BrCl2N2O2. The molecule has 0 fully saturated rings. The highest BCUT2D eigenvalue weighted by atomic mass is 79.9. The molecule has 0 aliphatic rings. The fraction of sp³-hybridized carbons (Fsp3) is 0.111. The Labute approximate surface area is 164 Å². The number of ether oxygens (including phenoxy) is 1. The van der Waals surface area contributed by atoms with Gasteiger partial charge in [0.1, 0.15) is 17.4 Å². The summed E-state index contributed by atoms with van der Waals surface area (Å²) in [5, 5.41) is 12.7. The third-order valence-corrected chi connectivity index (χ3v) is 4.12. The van der Waals surface area contributed by atoms with E-state index in [0.717, 1.165) is 4.47 Å². The normalized spacial score (nSPS) is 10.9. The van der Waals surface area contributed by atoms with Crippen molar-refractivity contribution in [3.8, 4) is 11.8 Å². The van der Waals surface area contributed by atoms with E-state index in [-0.39, 0.29) is 5.57 Å². The van der Waals surface area contributed by atoms with Crippen molar-refractivity contribution in [2.45, 2.75) is 6.92 Å². The molecule has 0 heterocycles. The third kappa shape index (κ3) is 5.23. The molecule has 0 saturated heterocycles. The van der Waals surface area contributed by atoms with Crippen LogP contribution in [0.3, 0.4) is 0 Å². The summed E-state index contributed by atoms with van der Waals surface area (Å²) in [4.78, 5) is 12.4. The first-order valence-electron chi connectivity index (χ1n) is 7.25.